The van der Waals surface area contributed by atoms with Crippen LogP contribution in [0.5, 0.6) is 0 Å². The number of benzene rings is 1. The Morgan fingerprint density at radius 3 is 2.68 bits per heavy atom. The molecule has 0 amide bonds. The fourth-order valence-corrected chi connectivity index (χ4v) is 4.61. The normalized spacial score (nSPS) is 16.1. The summed E-state index contributed by atoms with van der Waals surface area (Å²) in [6.45, 7) is 3.12. The molecule has 1 aromatic carbocycles. The monoisotopic (exact) mass is 385 g/mol. The number of hydrogen-bond acceptors (Lipinski definition) is 6. The molecule has 138 valence electrons. The standard InChI is InChI=1S/C22H19N5S/c1-2-28-17-3-4-18-20(10-17)27(14-22(18)6-7-22)21-25-12-16(13-26-21)19-9-15(11-23)5-8-24-19/h3-5,8-10,12-13H,2,6-7,14H2,1H3. The third kappa shape index (κ3) is 2.83. The Morgan fingerprint density at radius 1 is 1.14 bits per heavy atom. The van der Waals surface area contributed by atoms with Gasteiger partial charge in [-0.2, -0.15) is 5.26 Å². The lowest BCUT2D eigenvalue weighted by molar-refractivity contribution is 0.735. The number of rotatable bonds is 4. The zero-order valence-corrected chi connectivity index (χ0v) is 16.4. The molecule has 3 heterocycles. The van der Waals surface area contributed by atoms with Crippen LogP contribution in [-0.4, -0.2) is 27.2 Å². The second-order valence-corrected chi connectivity index (χ2v) is 8.63. The van der Waals surface area contributed by atoms with Crippen LogP contribution in [0, 0.1) is 11.3 Å². The molecule has 5 rings (SSSR count). The summed E-state index contributed by atoms with van der Waals surface area (Å²) in [4.78, 5) is 17.2. The molecule has 1 aliphatic heterocycles. The van der Waals surface area contributed by atoms with Crippen molar-refractivity contribution in [2.75, 3.05) is 17.2 Å². The SMILES string of the molecule is CCSc1ccc2c(c1)N(c1ncc(-c3cc(C#N)ccn3)cn1)CC21CC1. The second kappa shape index (κ2) is 6.61. The van der Waals surface area contributed by atoms with Crippen LogP contribution < -0.4 is 4.90 Å². The van der Waals surface area contributed by atoms with Gasteiger partial charge in [-0.15, -0.1) is 11.8 Å². The van der Waals surface area contributed by atoms with Gasteiger partial charge in [0.15, 0.2) is 0 Å². The summed E-state index contributed by atoms with van der Waals surface area (Å²) in [5.74, 6) is 1.79. The number of thioether (sulfide) groups is 1. The van der Waals surface area contributed by atoms with Gasteiger partial charge in [-0.1, -0.05) is 13.0 Å². The van der Waals surface area contributed by atoms with E-state index in [9.17, 15) is 0 Å². The van der Waals surface area contributed by atoms with Gasteiger partial charge in [0, 0.05) is 46.7 Å². The molecule has 1 aliphatic carbocycles. The molecule has 3 aromatic rings. The molecule has 0 bridgehead atoms. The van der Waals surface area contributed by atoms with E-state index >= 15 is 0 Å². The zero-order chi connectivity index (χ0) is 19.1. The molecule has 0 saturated heterocycles. The minimum absolute atomic E-state index is 0.287. The Labute approximate surface area is 168 Å². The summed E-state index contributed by atoms with van der Waals surface area (Å²) in [5.41, 5.74) is 5.08. The summed E-state index contributed by atoms with van der Waals surface area (Å²) in [7, 11) is 0. The van der Waals surface area contributed by atoms with E-state index in [1.54, 1.807) is 30.7 Å². The molecule has 0 unspecified atom stereocenters. The first kappa shape index (κ1) is 17.2. The van der Waals surface area contributed by atoms with Gasteiger partial charge in [-0.3, -0.25) is 4.98 Å². The molecule has 0 radical (unpaired) electrons. The van der Waals surface area contributed by atoms with Gasteiger partial charge >= 0.3 is 0 Å². The summed E-state index contributed by atoms with van der Waals surface area (Å²) in [5, 5.41) is 9.09. The lowest BCUT2D eigenvalue weighted by Gasteiger charge is -2.18. The number of anilines is 2. The van der Waals surface area contributed by atoms with Crippen molar-refractivity contribution >= 4 is 23.4 Å². The summed E-state index contributed by atoms with van der Waals surface area (Å²) < 4.78 is 0. The molecule has 0 N–H and O–H groups in total. The molecule has 1 spiro atoms. The van der Waals surface area contributed by atoms with Crippen molar-refractivity contribution in [3.05, 3.63) is 60.0 Å². The molecule has 6 heteroatoms. The van der Waals surface area contributed by atoms with Crippen molar-refractivity contribution in [2.45, 2.75) is 30.1 Å². The van der Waals surface area contributed by atoms with Crippen molar-refractivity contribution in [3.8, 4) is 17.3 Å². The average Bonchev–Trinajstić information content (AvgIpc) is 3.45. The molecule has 2 aliphatic rings. The minimum Gasteiger partial charge on any atom is -0.309 e. The van der Waals surface area contributed by atoms with Gasteiger partial charge in [0.1, 0.15) is 0 Å². The van der Waals surface area contributed by atoms with Crippen LogP contribution in [0.4, 0.5) is 11.6 Å². The van der Waals surface area contributed by atoms with E-state index in [0.29, 0.717) is 11.3 Å². The number of fused-ring (bicyclic) bond motifs is 2. The van der Waals surface area contributed by atoms with Gasteiger partial charge in [0.2, 0.25) is 5.95 Å². The molecule has 1 saturated carbocycles. The van der Waals surface area contributed by atoms with E-state index in [1.807, 2.05) is 11.8 Å². The fraction of sp³-hybridized carbons (Fsp3) is 0.273. The molecular weight excluding hydrogens is 366 g/mol. The smallest absolute Gasteiger partial charge is 0.229 e. The molecule has 1 fully saturated rings. The van der Waals surface area contributed by atoms with Gasteiger partial charge < -0.3 is 4.90 Å². The highest BCUT2D eigenvalue weighted by atomic mass is 32.2. The summed E-state index contributed by atoms with van der Waals surface area (Å²) >= 11 is 1.86. The highest BCUT2D eigenvalue weighted by molar-refractivity contribution is 7.99. The Morgan fingerprint density at radius 2 is 1.96 bits per heavy atom. The Balaban J connectivity index is 1.49. The highest BCUT2D eigenvalue weighted by Gasteiger charge is 2.52. The first-order valence-corrected chi connectivity index (χ1v) is 10.4. The lowest BCUT2D eigenvalue weighted by Crippen LogP contribution is -2.21. The number of nitriles is 1. The Bertz CT molecular complexity index is 1080. The maximum atomic E-state index is 9.09. The third-order valence-corrected chi connectivity index (χ3v) is 6.40. The van der Waals surface area contributed by atoms with E-state index in [0.717, 1.165) is 23.8 Å². The van der Waals surface area contributed by atoms with E-state index in [1.165, 1.54) is 29.0 Å². The maximum Gasteiger partial charge on any atom is 0.229 e. The second-order valence-electron chi connectivity index (χ2n) is 7.29. The predicted octanol–water partition coefficient (Wildman–Crippen LogP) is 4.71. The van der Waals surface area contributed by atoms with Crippen LogP contribution >= 0.6 is 11.8 Å². The van der Waals surface area contributed by atoms with Crippen molar-refractivity contribution in [3.63, 3.8) is 0 Å². The summed E-state index contributed by atoms with van der Waals surface area (Å²) in [6, 6.07) is 12.4. The quantitative estimate of drug-likeness (QED) is 0.606. The Kier molecular flexibility index (Phi) is 4.06. The highest BCUT2D eigenvalue weighted by Crippen LogP contribution is 2.58. The number of nitrogens with zero attached hydrogens (tertiary/aromatic N) is 5. The van der Waals surface area contributed by atoms with Gasteiger partial charge in [0.25, 0.3) is 0 Å². The van der Waals surface area contributed by atoms with Crippen molar-refractivity contribution < 1.29 is 0 Å². The molecular formula is C22H19N5S. The minimum atomic E-state index is 0.287. The molecule has 5 nitrogen and oxygen atoms in total. The topological polar surface area (TPSA) is 65.7 Å². The van der Waals surface area contributed by atoms with Crippen molar-refractivity contribution in [1.82, 2.24) is 15.0 Å². The van der Waals surface area contributed by atoms with Gasteiger partial charge in [-0.05, 0) is 48.4 Å². The van der Waals surface area contributed by atoms with Crippen LogP contribution in [0.3, 0.4) is 0 Å². The first-order chi connectivity index (χ1) is 13.7. The predicted molar refractivity (Wildman–Crippen MR) is 111 cm³/mol. The lowest BCUT2D eigenvalue weighted by atomic mass is 9.99. The summed E-state index contributed by atoms with van der Waals surface area (Å²) in [6.07, 6.45) is 7.71. The first-order valence-electron chi connectivity index (χ1n) is 9.46. The maximum absolute atomic E-state index is 9.09. The van der Waals surface area contributed by atoms with Crippen molar-refractivity contribution in [1.29, 1.82) is 5.26 Å². The number of pyridine rings is 1. The van der Waals surface area contributed by atoms with E-state index in [4.69, 9.17) is 5.26 Å². The van der Waals surface area contributed by atoms with Crippen molar-refractivity contribution in [2.24, 2.45) is 0 Å². The van der Waals surface area contributed by atoms with Crippen LogP contribution in [0.15, 0.2) is 53.8 Å². The van der Waals surface area contributed by atoms with Gasteiger partial charge in [-0.25, -0.2) is 9.97 Å². The average molecular weight is 385 g/mol. The van der Waals surface area contributed by atoms with Crippen LogP contribution in [0.2, 0.25) is 0 Å². The van der Waals surface area contributed by atoms with Gasteiger partial charge in [0.05, 0.1) is 17.3 Å². The van der Waals surface area contributed by atoms with E-state index < -0.39 is 0 Å². The molecule has 2 aromatic heterocycles. The number of hydrogen-bond donors (Lipinski definition) is 0. The Hall–Kier alpha value is -2.91. The zero-order valence-electron chi connectivity index (χ0n) is 15.6. The molecule has 0 atom stereocenters. The largest absolute Gasteiger partial charge is 0.309 e. The van der Waals surface area contributed by atoms with Crippen LogP contribution in [0.25, 0.3) is 11.3 Å². The molecule has 28 heavy (non-hydrogen) atoms. The van der Waals surface area contributed by atoms with E-state index in [-0.39, 0.29) is 5.41 Å². The van der Waals surface area contributed by atoms with E-state index in [2.05, 4.69) is 51.0 Å². The van der Waals surface area contributed by atoms with Crippen LogP contribution in [0.1, 0.15) is 30.9 Å². The third-order valence-electron chi connectivity index (χ3n) is 5.52. The van der Waals surface area contributed by atoms with Crippen LogP contribution in [-0.2, 0) is 5.41 Å². The number of aromatic nitrogens is 3. The fourth-order valence-electron chi connectivity index (χ4n) is 3.92.